The van der Waals surface area contributed by atoms with E-state index >= 15 is 0 Å². The van der Waals surface area contributed by atoms with E-state index in [4.69, 9.17) is 0 Å². The summed E-state index contributed by atoms with van der Waals surface area (Å²) in [7, 11) is -3.47. The summed E-state index contributed by atoms with van der Waals surface area (Å²) in [6, 6.07) is 23.7. The van der Waals surface area contributed by atoms with Gasteiger partial charge in [0.25, 0.3) is 5.91 Å². The van der Waals surface area contributed by atoms with E-state index in [1.165, 1.54) is 16.1 Å². The second-order valence-electron chi connectivity index (χ2n) is 9.68. The molecule has 0 atom stereocenters. The van der Waals surface area contributed by atoms with Crippen LogP contribution in [-0.2, 0) is 23.0 Å². The fraction of sp³-hybridized carbons (Fsp3) is 0.345. The SMILES string of the molecule is Cc1ccc(C)c(N(Cc2ccc(C(=O)N3CCC(Cc4ccccc4)CC3)cc2)S(C)(=O)=O)c1. The van der Waals surface area contributed by atoms with Crippen LogP contribution in [0, 0.1) is 19.8 Å². The van der Waals surface area contributed by atoms with Crippen molar-refractivity contribution in [3.05, 3.63) is 101 Å². The summed E-state index contributed by atoms with van der Waals surface area (Å²) in [4.78, 5) is 15.0. The van der Waals surface area contributed by atoms with Gasteiger partial charge in [0.05, 0.1) is 18.5 Å². The molecule has 184 valence electrons. The highest BCUT2D eigenvalue weighted by molar-refractivity contribution is 7.92. The van der Waals surface area contributed by atoms with Gasteiger partial charge in [0.15, 0.2) is 0 Å². The molecule has 6 heteroatoms. The first kappa shape index (κ1) is 25.0. The monoisotopic (exact) mass is 490 g/mol. The van der Waals surface area contributed by atoms with Gasteiger partial charge in [0, 0.05) is 18.7 Å². The summed E-state index contributed by atoms with van der Waals surface area (Å²) in [5, 5.41) is 0. The van der Waals surface area contributed by atoms with E-state index in [1.54, 1.807) is 0 Å². The van der Waals surface area contributed by atoms with Crippen LogP contribution in [0.2, 0.25) is 0 Å². The number of aryl methyl sites for hydroxylation is 2. The van der Waals surface area contributed by atoms with Crippen LogP contribution in [-0.4, -0.2) is 38.6 Å². The normalized spacial score (nSPS) is 14.7. The average Bonchev–Trinajstić information content (AvgIpc) is 2.84. The molecular weight excluding hydrogens is 456 g/mol. The Morgan fingerprint density at radius 3 is 2.20 bits per heavy atom. The summed E-state index contributed by atoms with van der Waals surface area (Å²) >= 11 is 0. The number of rotatable bonds is 7. The lowest BCUT2D eigenvalue weighted by Crippen LogP contribution is -2.38. The van der Waals surface area contributed by atoms with Gasteiger partial charge in [-0.1, -0.05) is 54.6 Å². The molecule has 0 aliphatic carbocycles. The predicted molar refractivity (Wildman–Crippen MR) is 142 cm³/mol. The third-order valence-corrected chi connectivity index (χ3v) is 7.96. The molecule has 0 unspecified atom stereocenters. The Morgan fingerprint density at radius 2 is 1.57 bits per heavy atom. The number of amides is 1. The van der Waals surface area contributed by atoms with Crippen molar-refractivity contribution in [1.29, 1.82) is 0 Å². The first-order chi connectivity index (χ1) is 16.7. The second-order valence-corrected chi connectivity index (χ2v) is 11.6. The number of likely N-dealkylation sites (tertiary alicyclic amines) is 1. The molecule has 0 radical (unpaired) electrons. The van der Waals surface area contributed by atoms with E-state index in [1.807, 2.05) is 67.3 Å². The number of hydrogen-bond acceptors (Lipinski definition) is 3. The summed E-state index contributed by atoms with van der Waals surface area (Å²) in [6.45, 7) is 5.63. The standard InChI is InChI=1S/C29H34N2O3S/c1-22-9-10-23(2)28(19-22)31(35(3,33)34)21-26-11-13-27(14-12-26)29(32)30-17-15-25(16-18-30)20-24-7-5-4-6-8-24/h4-14,19,25H,15-18,20-21H2,1-3H3. The Morgan fingerprint density at radius 1 is 0.914 bits per heavy atom. The number of carbonyl (C=O) groups is 1. The van der Waals surface area contributed by atoms with Crippen molar-refractivity contribution >= 4 is 21.6 Å². The van der Waals surface area contributed by atoms with Gasteiger partial charge in [-0.3, -0.25) is 9.10 Å². The smallest absolute Gasteiger partial charge is 0.253 e. The van der Waals surface area contributed by atoms with Gasteiger partial charge in [0.1, 0.15) is 0 Å². The number of piperidine rings is 1. The Labute approximate surface area is 209 Å². The first-order valence-corrected chi connectivity index (χ1v) is 14.0. The molecular formula is C29H34N2O3S. The molecule has 0 bridgehead atoms. The van der Waals surface area contributed by atoms with Crippen molar-refractivity contribution in [2.45, 2.75) is 39.7 Å². The summed E-state index contributed by atoms with van der Waals surface area (Å²) in [5.74, 6) is 0.653. The zero-order valence-electron chi connectivity index (χ0n) is 20.8. The lowest BCUT2D eigenvalue weighted by molar-refractivity contribution is 0.0690. The zero-order chi connectivity index (χ0) is 25.0. The Hall–Kier alpha value is -3.12. The van der Waals surface area contributed by atoms with Gasteiger partial charge in [0.2, 0.25) is 10.0 Å². The lowest BCUT2D eigenvalue weighted by Gasteiger charge is -2.32. The van der Waals surface area contributed by atoms with E-state index in [0.717, 1.165) is 49.0 Å². The molecule has 0 N–H and O–H groups in total. The summed E-state index contributed by atoms with van der Waals surface area (Å²) in [5.41, 5.74) is 5.45. The largest absolute Gasteiger partial charge is 0.339 e. The van der Waals surface area contributed by atoms with E-state index in [2.05, 4.69) is 24.3 Å². The average molecular weight is 491 g/mol. The van der Waals surface area contributed by atoms with Gasteiger partial charge in [-0.15, -0.1) is 0 Å². The Bertz CT molecular complexity index is 1260. The zero-order valence-corrected chi connectivity index (χ0v) is 21.6. The molecule has 1 amide bonds. The Kier molecular flexibility index (Phi) is 7.60. The minimum atomic E-state index is -3.47. The fourth-order valence-corrected chi connectivity index (χ4v) is 5.70. The third kappa shape index (κ3) is 6.31. The molecule has 0 aromatic heterocycles. The van der Waals surface area contributed by atoms with Crippen molar-refractivity contribution in [3.63, 3.8) is 0 Å². The van der Waals surface area contributed by atoms with Gasteiger partial charge in [-0.05, 0) is 79.5 Å². The number of nitrogens with zero attached hydrogens (tertiary/aromatic N) is 2. The highest BCUT2D eigenvalue weighted by Gasteiger charge is 2.24. The van der Waals surface area contributed by atoms with Crippen molar-refractivity contribution in [2.75, 3.05) is 23.7 Å². The maximum atomic E-state index is 13.1. The molecule has 1 fully saturated rings. The molecule has 4 rings (SSSR count). The minimum Gasteiger partial charge on any atom is -0.339 e. The number of hydrogen-bond donors (Lipinski definition) is 0. The second kappa shape index (κ2) is 10.6. The molecule has 1 aliphatic rings. The predicted octanol–water partition coefficient (Wildman–Crippen LogP) is 5.36. The van der Waals surface area contributed by atoms with Crippen LogP contribution < -0.4 is 4.31 Å². The lowest BCUT2D eigenvalue weighted by atomic mass is 9.90. The summed E-state index contributed by atoms with van der Waals surface area (Å²) < 4.78 is 26.6. The van der Waals surface area contributed by atoms with Crippen LogP contribution in [0.25, 0.3) is 0 Å². The van der Waals surface area contributed by atoms with Crippen molar-refractivity contribution in [1.82, 2.24) is 4.90 Å². The van der Waals surface area contributed by atoms with Gasteiger partial charge < -0.3 is 4.90 Å². The van der Waals surface area contributed by atoms with Crippen LogP contribution in [0.4, 0.5) is 5.69 Å². The minimum absolute atomic E-state index is 0.0456. The van der Waals surface area contributed by atoms with Crippen molar-refractivity contribution in [3.8, 4) is 0 Å². The van der Waals surface area contributed by atoms with Crippen molar-refractivity contribution < 1.29 is 13.2 Å². The van der Waals surface area contributed by atoms with E-state index < -0.39 is 10.0 Å². The topological polar surface area (TPSA) is 57.7 Å². The van der Waals surface area contributed by atoms with Gasteiger partial charge in [-0.2, -0.15) is 0 Å². The summed E-state index contributed by atoms with van der Waals surface area (Å²) in [6.07, 6.45) is 4.32. The molecule has 3 aromatic rings. The van der Waals surface area contributed by atoms with Crippen LogP contribution in [0.1, 0.15) is 45.5 Å². The molecule has 1 aliphatic heterocycles. The van der Waals surface area contributed by atoms with E-state index in [0.29, 0.717) is 17.2 Å². The quantitative estimate of drug-likeness (QED) is 0.448. The highest BCUT2D eigenvalue weighted by Crippen LogP contribution is 2.27. The maximum Gasteiger partial charge on any atom is 0.253 e. The molecule has 1 heterocycles. The third-order valence-electron chi connectivity index (χ3n) is 6.83. The molecule has 3 aromatic carbocycles. The number of anilines is 1. The molecule has 35 heavy (non-hydrogen) atoms. The van der Waals surface area contributed by atoms with Crippen LogP contribution in [0.15, 0.2) is 72.8 Å². The van der Waals surface area contributed by atoms with Gasteiger partial charge >= 0.3 is 0 Å². The number of carbonyl (C=O) groups excluding carboxylic acids is 1. The fourth-order valence-electron chi connectivity index (χ4n) is 4.76. The van der Waals surface area contributed by atoms with E-state index in [-0.39, 0.29) is 12.5 Å². The highest BCUT2D eigenvalue weighted by atomic mass is 32.2. The Balaban J connectivity index is 1.40. The molecule has 1 saturated heterocycles. The van der Waals surface area contributed by atoms with Crippen LogP contribution >= 0.6 is 0 Å². The van der Waals surface area contributed by atoms with Crippen LogP contribution in [0.3, 0.4) is 0 Å². The molecule has 5 nitrogen and oxygen atoms in total. The van der Waals surface area contributed by atoms with Gasteiger partial charge in [-0.25, -0.2) is 8.42 Å². The first-order valence-electron chi connectivity index (χ1n) is 12.2. The molecule has 0 saturated carbocycles. The number of sulfonamides is 1. The van der Waals surface area contributed by atoms with Crippen LogP contribution in [0.5, 0.6) is 0 Å². The van der Waals surface area contributed by atoms with E-state index in [9.17, 15) is 13.2 Å². The number of benzene rings is 3. The maximum absolute atomic E-state index is 13.1. The van der Waals surface area contributed by atoms with Crippen molar-refractivity contribution in [2.24, 2.45) is 5.92 Å². The molecule has 0 spiro atoms.